The van der Waals surface area contributed by atoms with Gasteiger partial charge in [0.25, 0.3) is 11.8 Å². The van der Waals surface area contributed by atoms with Crippen LogP contribution in [-0.4, -0.2) is 62.1 Å². The number of imide groups is 1. The van der Waals surface area contributed by atoms with Crippen molar-refractivity contribution in [1.82, 2.24) is 15.5 Å². The molecule has 178 valence electrons. The first-order chi connectivity index (χ1) is 14.8. The number of nitrogens with zero attached hydrogens (tertiary/aromatic N) is 2. The van der Waals surface area contributed by atoms with Gasteiger partial charge in [-0.2, -0.15) is 0 Å². The molecule has 0 aromatic heterocycles. The second kappa shape index (κ2) is 12.0. The molecule has 32 heavy (non-hydrogen) atoms. The van der Waals surface area contributed by atoms with E-state index < -0.39 is 0 Å². The number of amides is 2. The zero-order valence-electron chi connectivity index (χ0n) is 19.6. The highest BCUT2D eigenvalue weighted by Crippen LogP contribution is 2.33. The molecule has 2 aliphatic heterocycles. The first-order valence-corrected chi connectivity index (χ1v) is 11.3. The van der Waals surface area contributed by atoms with Crippen LogP contribution in [0.2, 0.25) is 0 Å². The second-order valence-corrected chi connectivity index (χ2v) is 9.45. The maximum absolute atomic E-state index is 12.4. The molecule has 2 unspecified atom stereocenters. The number of unbranched alkanes of at least 4 members (excludes halogenated alkanes) is 1. The second-order valence-electron chi connectivity index (χ2n) is 9.45. The van der Waals surface area contributed by atoms with Gasteiger partial charge in [0.05, 0.1) is 17.2 Å². The normalized spacial score (nSPS) is 21.2. The van der Waals surface area contributed by atoms with Crippen LogP contribution in [0.5, 0.6) is 0 Å². The van der Waals surface area contributed by atoms with E-state index in [1.54, 1.807) is 31.3 Å². The van der Waals surface area contributed by atoms with Crippen molar-refractivity contribution in [2.45, 2.75) is 52.6 Å². The fourth-order valence-corrected chi connectivity index (χ4v) is 4.50. The summed E-state index contributed by atoms with van der Waals surface area (Å²) in [6.07, 6.45) is 4.09. The maximum atomic E-state index is 12.4. The van der Waals surface area contributed by atoms with Crippen molar-refractivity contribution < 1.29 is 14.3 Å². The van der Waals surface area contributed by atoms with Crippen molar-refractivity contribution in [3.8, 4) is 0 Å². The van der Waals surface area contributed by atoms with Crippen LogP contribution in [0, 0.1) is 11.3 Å². The Morgan fingerprint density at radius 2 is 1.78 bits per heavy atom. The topological polar surface area (TPSA) is 83.0 Å². The zero-order chi connectivity index (χ0) is 22.4. The summed E-state index contributed by atoms with van der Waals surface area (Å²) in [4.78, 5) is 30.5. The van der Waals surface area contributed by atoms with E-state index in [0.29, 0.717) is 23.6 Å². The number of halogens is 1. The van der Waals surface area contributed by atoms with Gasteiger partial charge in [-0.25, -0.2) is 0 Å². The summed E-state index contributed by atoms with van der Waals surface area (Å²) in [5.41, 5.74) is 1.14. The SMILES string of the molecule is CN=C(NCCCCN1C(=O)c2ccccc2C1=O)NCC1CCCOC1C(C)(C)C.I. The highest BCUT2D eigenvalue weighted by Gasteiger charge is 2.36. The molecule has 0 aliphatic carbocycles. The van der Waals surface area contributed by atoms with Crippen LogP contribution >= 0.6 is 24.0 Å². The number of carbonyl (C=O) groups excluding carboxylic acids is 2. The molecular formula is C24H37IN4O3. The van der Waals surface area contributed by atoms with Gasteiger partial charge in [0.1, 0.15) is 0 Å². The van der Waals surface area contributed by atoms with E-state index in [1.807, 2.05) is 0 Å². The van der Waals surface area contributed by atoms with Crippen molar-refractivity contribution in [2.75, 3.05) is 33.3 Å². The lowest BCUT2D eigenvalue weighted by Crippen LogP contribution is -2.47. The van der Waals surface area contributed by atoms with Gasteiger partial charge in [-0.15, -0.1) is 24.0 Å². The molecule has 2 atom stereocenters. The van der Waals surface area contributed by atoms with Crippen molar-refractivity contribution in [1.29, 1.82) is 0 Å². The number of rotatable bonds is 7. The summed E-state index contributed by atoms with van der Waals surface area (Å²) < 4.78 is 6.06. The van der Waals surface area contributed by atoms with Crippen LogP contribution in [-0.2, 0) is 4.74 Å². The summed E-state index contributed by atoms with van der Waals surface area (Å²) in [5.74, 6) is 0.864. The molecular weight excluding hydrogens is 519 g/mol. The lowest BCUT2D eigenvalue weighted by molar-refractivity contribution is -0.0835. The Labute approximate surface area is 208 Å². The summed E-state index contributed by atoms with van der Waals surface area (Å²) in [6.45, 7) is 9.54. The molecule has 2 aliphatic rings. The van der Waals surface area contributed by atoms with E-state index in [0.717, 1.165) is 51.3 Å². The highest BCUT2D eigenvalue weighted by molar-refractivity contribution is 14.0. The molecule has 0 saturated carbocycles. The quantitative estimate of drug-likeness (QED) is 0.176. The number of hydrogen-bond acceptors (Lipinski definition) is 4. The van der Waals surface area contributed by atoms with Crippen LogP contribution in [0.25, 0.3) is 0 Å². The summed E-state index contributed by atoms with van der Waals surface area (Å²) in [5, 5.41) is 6.78. The largest absolute Gasteiger partial charge is 0.377 e. The van der Waals surface area contributed by atoms with E-state index in [9.17, 15) is 9.59 Å². The Kier molecular flexibility index (Phi) is 9.94. The van der Waals surface area contributed by atoms with Gasteiger partial charge in [-0.3, -0.25) is 19.5 Å². The first kappa shape index (κ1) is 26.6. The van der Waals surface area contributed by atoms with Gasteiger partial charge in [0, 0.05) is 39.2 Å². The Bertz CT molecular complexity index is 787. The molecule has 0 spiro atoms. The molecule has 3 rings (SSSR count). The number of aliphatic imine (C=N–C) groups is 1. The molecule has 2 heterocycles. The van der Waals surface area contributed by atoms with Gasteiger partial charge in [0.2, 0.25) is 0 Å². The van der Waals surface area contributed by atoms with Crippen LogP contribution in [0.3, 0.4) is 0 Å². The molecule has 2 N–H and O–H groups in total. The average molecular weight is 556 g/mol. The lowest BCUT2D eigenvalue weighted by Gasteiger charge is -2.40. The van der Waals surface area contributed by atoms with Gasteiger partial charge in [-0.1, -0.05) is 32.9 Å². The minimum Gasteiger partial charge on any atom is -0.377 e. The highest BCUT2D eigenvalue weighted by atomic mass is 127. The van der Waals surface area contributed by atoms with Gasteiger partial charge in [-0.05, 0) is 43.2 Å². The molecule has 0 bridgehead atoms. The summed E-state index contributed by atoms with van der Waals surface area (Å²) in [7, 11) is 1.77. The van der Waals surface area contributed by atoms with Crippen LogP contribution in [0.4, 0.5) is 0 Å². The summed E-state index contributed by atoms with van der Waals surface area (Å²) in [6, 6.07) is 7.01. The van der Waals surface area contributed by atoms with E-state index in [2.05, 4.69) is 36.4 Å². The van der Waals surface area contributed by atoms with Gasteiger partial charge >= 0.3 is 0 Å². The number of ether oxygens (including phenoxy) is 1. The van der Waals surface area contributed by atoms with E-state index in [-0.39, 0.29) is 47.3 Å². The molecule has 0 radical (unpaired) electrons. The number of guanidine groups is 1. The van der Waals surface area contributed by atoms with E-state index >= 15 is 0 Å². The van der Waals surface area contributed by atoms with Crippen molar-refractivity contribution in [3.05, 3.63) is 35.4 Å². The smallest absolute Gasteiger partial charge is 0.261 e. The first-order valence-electron chi connectivity index (χ1n) is 11.3. The van der Waals surface area contributed by atoms with Crippen LogP contribution < -0.4 is 10.6 Å². The van der Waals surface area contributed by atoms with Crippen molar-refractivity contribution in [3.63, 3.8) is 0 Å². The minimum atomic E-state index is -0.186. The predicted molar refractivity (Wildman–Crippen MR) is 138 cm³/mol. The Morgan fingerprint density at radius 1 is 1.12 bits per heavy atom. The number of fused-ring (bicyclic) bond motifs is 1. The average Bonchev–Trinajstić information content (AvgIpc) is 3.00. The fourth-order valence-electron chi connectivity index (χ4n) is 4.50. The number of hydrogen-bond donors (Lipinski definition) is 2. The zero-order valence-corrected chi connectivity index (χ0v) is 22.0. The Hall–Kier alpha value is -1.68. The monoisotopic (exact) mass is 556 g/mol. The maximum Gasteiger partial charge on any atom is 0.261 e. The third-order valence-corrected chi connectivity index (χ3v) is 6.03. The number of carbonyl (C=O) groups is 2. The van der Waals surface area contributed by atoms with Gasteiger partial charge in [0.15, 0.2) is 5.96 Å². The Balaban J connectivity index is 0.00000363. The van der Waals surface area contributed by atoms with Crippen LogP contribution in [0.15, 0.2) is 29.3 Å². The van der Waals surface area contributed by atoms with E-state index in [1.165, 1.54) is 4.90 Å². The molecule has 1 saturated heterocycles. The molecule has 8 heteroatoms. The Morgan fingerprint density at radius 3 is 2.38 bits per heavy atom. The van der Waals surface area contributed by atoms with Crippen LogP contribution in [0.1, 0.15) is 67.2 Å². The molecule has 1 aromatic rings. The van der Waals surface area contributed by atoms with Crippen molar-refractivity contribution in [2.24, 2.45) is 16.3 Å². The number of nitrogens with one attached hydrogen (secondary N) is 2. The van der Waals surface area contributed by atoms with E-state index in [4.69, 9.17) is 4.74 Å². The molecule has 1 fully saturated rings. The van der Waals surface area contributed by atoms with Crippen molar-refractivity contribution >= 4 is 41.8 Å². The third-order valence-electron chi connectivity index (χ3n) is 6.03. The standard InChI is InChI=1S/C24H36N4O3.HI/c1-24(2,3)20-17(10-9-15-31-20)16-27-23(25-4)26-13-7-8-14-28-21(29)18-11-5-6-12-19(18)22(28)30;/h5-6,11-12,17,20H,7-10,13-16H2,1-4H3,(H2,25,26,27);1H. The lowest BCUT2D eigenvalue weighted by atomic mass is 9.78. The number of benzene rings is 1. The molecule has 2 amide bonds. The van der Waals surface area contributed by atoms with Gasteiger partial charge < -0.3 is 15.4 Å². The summed E-state index contributed by atoms with van der Waals surface area (Å²) >= 11 is 0. The third kappa shape index (κ3) is 6.43. The fraction of sp³-hybridized carbons (Fsp3) is 0.625. The predicted octanol–water partition coefficient (Wildman–Crippen LogP) is 3.69. The minimum absolute atomic E-state index is 0. The molecule has 1 aromatic carbocycles. The molecule has 7 nitrogen and oxygen atoms in total.